The molecule has 368 valence electrons. The number of hydrogen-bond acceptors (Lipinski definition) is 9. The van der Waals surface area contributed by atoms with Gasteiger partial charge in [-0.1, -0.05) is 197 Å². The Hall–Kier alpha value is -1.85. The number of esters is 1. The highest BCUT2D eigenvalue weighted by molar-refractivity contribution is 5.69. The quantitative estimate of drug-likeness (QED) is 0.0268. The van der Waals surface area contributed by atoms with Crippen LogP contribution in [0.15, 0.2) is 48.6 Å². The van der Waals surface area contributed by atoms with E-state index in [2.05, 4.69) is 62.5 Å². The van der Waals surface area contributed by atoms with Crippen molar-refractivity contribution < 1.29 is 44.2 Å². The van der Waals surface area contributed by atoms with Crippen LogP contribution in [0.4, 0.5) is 0 Å². The molecule has 0 amide bonds. The van der Waals surface area contributed by atoms with E-state index >= 15 is 0 Å². The molecule has 0 aromatic heterocycles. The van der Waals surface area contributed by atoms with Crippen LogP contribution in [-0.4, -0.2) is 89.6 Å². The van der Waals surface area contributed by atoms with E-state index in [1.54, 1.807) is 0 Å². The van der Waals surface area contributed by atoms with Gasteiger partial charge >= 0.3 is 5.97 Å². The maximum Gasteiger partial charge on any atom is 0.306 e. The van der Waals surface area contributed by atoms with Crippen molar-refractivity contribution in [3.8, 4) is 0 Å². The van der Waals surface area contributed by atoms with E-state index in [0.29, 0.717) is 13.0 Å². The van der Waals surface area contributed by atoms with E-state index in [9.17, 15) is 25.2 Å². The molecule has 0 saturated carbocycles. The smallest absolute Gasteiger partial charge is 0.306 e. The average molecular weight is 891 g/mol. The molecular weight excluding hydrogens is 793 g/mol. The second-order valence-corrected chi connectivity index (χ2v) is 18.0. The van der Waals surface area contributed by atoms with Crippen molar-refractivity contribution in [2.75, 3.05) is 26.4 Å². The predicted octanol–water partition coefficient (Wildman–Crippen LogP) is 12.9. The number of carbonyl (C=O) groups is 1. The van der Waals surface area contributed by atoms with E-state index in [1.165, 1.54) is 141 Å². The lowest BCUT2D eigenvalue weighted by atomic mass is 9.99. The zero-order valence-corrected chi connectivity index (χ0v) is 40.6. The van der Waals surface area contributed by atoms with Gasteiger partial charge in [0.2, 0.25) is 0 Å². The van der Waals surface area contributed by atoms with Crippen LogP contribution in [0.1, 0.15) is 226 Å². The summed E-state index contributed by atoms with van der Waals surface area (Å²) < 4.78 is 22.9. The van der Waals surface area contributed by atoms with Crippen LogP contribution in [0, 0.1) is 0 Å². The normalized spacial score (nSPS) is 20.0. The number of unbranched alkanes of at least 4 members (excludes halogenated alkanes) is 26. The number of allylic oxidation sites excluding steroid dienone is 8. The highest BCUT2D eigenvalue weighted by atomic mass is 16.7. The Morgan fingerprint density at radius 3 is 1.41 bits per heavy atom. The maximum atomic E-state index is 12.8. The summed E-state index contributed by atoms with van der Waals surface area (Å²) in [5, 5.41) is 40.2. The molecule has 6 atom stereocenters. The first-order valence-corrected chi connectivity index (χ1v) is 26.2. The van der Waals surface area contributed by atoms with E-state index < -0.39 is 43.4 Å². The van der Waals surface area contributed by atoms with Crippen LogP contribution >= 0.6 is 0 Å². The minimum absolute atomic E-state index is 0.119. The highest BCUT2D eigenvalue weighted by Crippen LogP contribution is 2.23. The van der Waals surface area contributed by atoms with Crippen molar-refractivity contribution in [2.24, 2.45) is 0 Å². The Bertz CT molecular complexity index is 1100. The zero-order valence-electron chi connectivity index (χ0n) is 40.6. The summed E-state index contributed by atoms with van der Waals surface area (Å²) in [6.07, 6.45) is 50.1. The van der Waals surface area contributed by atoms with Crippen molar-refractivity contribution in [2.45, 2.75) is 263 Å². The molecule has 1 aliphatic rings. The van der Waals surface area contributed by atoms with Gasteiger partial charge in [-0.3, -0.25) is 4.79 Å². The summed E-state index contributed by atoms with van der Waals surface area (Å²) in [7, 11) is 0. The third-order valence-electron chi connectivity index (χ3n) is 12.0. The average Bonchev–Trinajstić information content (AvgIpc) is 3.28. The molecule has 0 bridgehead atoms. The number of hydrogen-bond donors (Lipinski definition) is 4. The Morgan fingerprint density at radius 2 is 0.937 bits per heavy atom. The van der Waals surface area contributed by atoms with Gasteiger partial charge in [0.15, 0.2) is 6.29 Å². The predicted molar refractivity (Wildman–Crippen MR) is 261 cm³/mol. The van der Waals surface area contributed by atoms with Gasteiger partial charge in [0.05, 0.1) is 19.8 Å². The Balaban J connectivity index is 2.15. The van der Waals surface area contributed by atoms with Gasteiger partial charge in [0.1, 0.15) is 30.5 Å². The summed E-state index contributed by atoms with van der Waals surface area (Å²) in [4.78, 5) is 12.8. The van der Waals surface area contributed by atoms with Crippen molar-refractivity contribution in [3.63, 3.8) is 0 Å². The van der Waals surface area contributed by atoms with E-state index in [0.717, 1.165) is 64.2 Å². The topological polar surface area (TPSA) is 135 Å². The summed E-state index contributed by atoms with van der Waals surface area (Å²) >= 11 is 0. The van der Waals surface area contributed by atoms with Crippen LogP contribution < -0.4 is 0 Å². The molecular formula is C54H98O9. The molecule has 0 aromatic carbocycles. The second-order valence-electron chi connectivity index (χ2n) is 18.0. The molecule has 1 heterocycles. The lowest BCUT2D eigenvalue weighted by Gasteiger charge is -2.39. The summed E-state index contributed by atoms with van der Waals surface area (Å²) in [6, 6.07) is 0. The van der Waals surface area contributed by atoms with E-state index in [-0.39, 0.29) is 19.2 Å². The number of carbonyl (C=O) groups excluding carboxylic acids is 1. The lowest BCUT2D eigenvalue weighted by molar-refractivity contribution is -0.305. The van der Waals surface area contributed by atoms with Crippen molar-refractivity contribution in [1.82, 2.24) is 0 Å². The Labute approximate surface area is 386 Å². The number of aliphatic hydroxyl groups excluding tert-OH is 4. The van der Waals surface area contributed by atoms with E-state index in [1.807, 2.05) is 0 Å². The minimum atomic E-state index is -1.54. The SMILES string of the molecule is CCCC/C=C\C/C=C\CCCCCCCC(=O)OC(COCCCCCCCCCCCCCCCC/C=C\C/C=C\CCCCCCC)COC1OC(CO)C(O)C(O)C1O. The van der Waals surface area contributed by atoms with Crippen LogP contribution in [0.2, 0.25) is 0 Å². The summed E-state index contributed by atoms with van der Waals surface area (Å²) in [5.41, 5.74) is 0. The fourth-order valence-corrected chi connectivity index (χ4v) is 7.83. The molecule has 1 saturated heterocycles. The molecule has 9 nitrogen and oxygen atoms in total. The van der Waals surface area contributed by atoms with Crippen LogP contribution in [0.3, 0.4) is 0 Å². The van der Waals surface area contributed by atoms with Gasteiger partial charge in [0.25, 0.3) is 0 Å². The van der Waals surface area contributed by atoms with Crippen LogP contribution in [0.25, 0.3) is 0 Å². The van der Waals surface area contributed by atoms with Gasteiger partial charge in [-0.15, -0.1) is 0 Å². The van der Waals surface area contributed by atoms with Gasteiger partial charge in [0, 0.05) is 13.0 Å². The molecule has 0 aliphatic carbocycles. The van der Waals surface area contributed by atoms with E-state index in [4.69, 9.17) is 18.9 Å². The number of ether oxygens (including phenoxy) is 4. The monoisotopic (exact) mass is 891 g/mol. The molecule has 4 N–H and O–H groups in total. The molecule has 63 heavy (non-hydrogen) atoms. The summed E-state index contributed by atoms with van der Waals surface area (Å²) in [5.74, 6) is -0.327. The Kier molecular flexibility index (Phi) is 42.6. The van der Waals surface area contributed by atoms with Gasteiger partial charge in [-0.2, -0.15) is 0 Å². The molecule has 1 fully saturated rings. The third-order valence-corrected chi connectivity index (χ3v) is 12.0. The van der Waals surface area contributed by atoms with Gasteiger partial charge < -0.3 is 39.4 Å². The van der Waals surface area contributed by atoms with Gasteiger partial charge in [-0.25, -0.2) is 0 Å². The Morgan fingerprint density at radius 1 is 0.508 bits per heavy atom. The first-order chi connectivity index (χ1) is 30.9. The van der Waals surface area contributed by atoms with Gasteiger partial charge in [-0.05, 0) is 70.6 Å². The largest absolute Gasteiger partial charge is 0.457 e. The number of rotatable bonds is 45. The van der Waals surface area contributed by atoms with Crippen LogP contribution in [0.5, 0.6) is 0 Å². The standard InChI is InChI=1S/C54H98O9/c1-3-5-7-9-11-13-15-17-19-20-21-22-23-24-25-26-27-28-29-30-32-34-36-38-40-42-44-60-46-48(47-61-54-53(59)52(58)51(57)49(45-55)63-54)62-50(56)43-41-39-37-35-33-31-18-16-14-12-10-8-6-4-2/h10,12,15-18,20-21,48-49,51-55,57-59H,3-9,11,13-14,19,22-47H2,1-2H3/b12-10-,17-15-,18-16-,21-20-. The second kappa shape index (κ2) is 45.3. The molecule has 0 aromatic rings. The molecule has 1 rings (SSSR count). The molecule has 0 radical (unpaired) electrons. The van der Waals surface area contributed by atoms with Crippen LogP contribution in [-0.2, 0) is 23.7 Å². The number of aliphatic hydroxyl groups is 4. The molecule has 1 aliphatic heterocycles. The fraction of sp³-hybridized carbons (Fsp3) is 0.833. The molecule has 9 heteroatoms. The molecule has 0 spiro atoms. The van der Waals surface area contributed by atoms with Crippen molar-refractivity contribution >= 4 is 5.97 Å². The maximum absolute atomic E-state index is 12.8. The van der Waals surface area contributed by atoms with Crippen molar-refractivity contribution in [3.05, 3.63) is 48.6 Å². The van der Waals surface area contributed by atoms with Crippen molar-refractivity contribution in [1.29, 1.82) is 0 Å². The lowest BCUT2D eigenvalue weighted by Crippen LogP contribution is -2.59. The zero-order chi connectivity index (χ0) is 45.7. The third kappa shape index (κ3) is 36.0. The highest BCUT2D eigenvalue weighted by Gasteiger charge is 2.44. The fourth-order valence-electron chi connectivity index (χ4n) is 7.83. The summed E-state index contributed by atoms with van der Waals surface area (Å²) in [6.45, 7) is 4.51. The molecule has 6 unspecified atom stereocenters. The first kappa shape index (κ1) is 59.2. The minimum Gasteiger partial charge on any atom is -0.457 e. The first-order valence-electron chi connectivity index (χ1n) is 26.2.